The van der Waals surface area contributed by atoms with E-state index in [1.54, 1.807) is 13.8 Å². The number of ether oxygens (including phenoxy) is 1. The lowest BCUT2D eigenvalue weighted by Gasteiger charge is -2.42. The van der Waals surface area contributed by atoms with Crippen LogP contribution in [0.1, 0.15) is 41.4 Å². The molecule has 2 amide bonds. The number of carbonyl (C=O) groups excluding carboxylic acids is 1. The minimum absolute atomic E-state index is 0.150. The van der Waals surface area contributed by atoms with E-state index in [1.807, 2.05) is 30.3 Å². The van der Waals surface area contributed by atoms with E-state index < -0.39 is 34.7 Å². The lowest BCUT2D eigenvalue weighted by molar-refractivity contribution is -0.0561. The Morgan fingerprint density at radius 1 is 1.11 bits per heavy atom. The standard InChI is InChI=1S/C27H40N2O6S/c1-17-5-8-19(25-24(33)23(32)22(31)15-36(25)4)14-20(17)13-18-6-9-21(10-7-18)35-12-11-28-26(34)29-27(2,3)16-30/h5-10,14,22-25,30-33,36H,11-13,15-16H2,1-4H3,(H2,28,29,34)/t22-,23-,24-,25+/m1/s1. The zero-order valence-electron chi connectivity index (χ0n) is 21.4. The summed E-state index contributed by atoms with van der Waals surface area (Å²) in [6.07, 6.45) is -0.183. The van der Waals surface area contributed by atoms with Gasteiger partial charge in [-0.1, -0.05) is 30.3 Å². The maximum absolute atomic E-state index is 11.8. The molecule has 0 aromatic heterocycles. The Bertz CT molecular complexity index is 1020. The van der Waals surface area contributed by atoms with Gasteiger partial charge in [0.2, 0.25) is 0 Å². The molecule has 1 aliphatic rings. The molecule has 2 aromatic rings. The molecule has 1 heterocycles. The highest BCUT2D eigenvalue weighted by Gasteiger charge is 2.40. The van der Waals surface area contributed by atoms with Gasteiger partial charge in [-0.2, -0.15) is 0 Å². The number of hydrogen-bond acceptors (Lipinski definition) is 6. The molecule has 6 N–H and O–H groups in total. The van der Waals surface area contributed by atoms with E-state index in [1.165, 1.54) is 0 Å². The first kappa shape index (κ1) is 28.3. The third kappa shape index (κ3) is 7.36. The van der Waals surface area contributed by atoms with Crippen molar-refractivity contribution in [3.63, 3.8) is 0 Å². The second kappa shape index (κ2) is 12.3. The van der Waals surface area contributed by atoms with Crippen LogP contribution >= 0.6 is 10.9 Å². The highest BCUT2D eigenvalue weighted by atomic mass is 32.2. The zero-order chi connectivity index (χ0) is 26.5. The monoisotopic (exact) mass is 520 g/mol. The van der Waals surface area contributed by atoms with Gasteiger partial charge in [-0.25, -0.2) is 15.7 Å². The number of aliphatic hydroxyl groups excluding tert-OH is 4. The molecule has 36 heavy (non-hydrogen) atoms. The second-order valence-corrected chi connectivity index (χ2v) is 12.6. The van der Waals surface area contributed by atoms with Gasteiger partial charge >= 0.3 is 6.03 Å². The van der Waals surface area contributed by atoms with Crippen molar-refractivity contribution in [1.82, 2.24) is 10.6 Å². The number of aryl methyl sites for hydroxylation is 1. The number of urea groups is 1. The van der Waals surface area contributed by atoms with Crippen molar-refractivity contribution in [1.29, 1.82) is 0 Å². The van der Waals surface area contributed by atoms with Crippen LogP contribution in [0.3, 0.4) is 0 Å². The molecule has 200 valence electrons. The Hall–Kier alpha value is -2.30. The minimum atomic E-state index is -1.12. The van der Waals surface area contributed by atoms with Crippen LogP contribution in [0.15, 0.2) is 42.5 Å². The molecule has 1 fully saturated rings. The summed E-state index contributed by atoms with van der Waals surface area (Å²) >= 11 is 0. The number of thiol groups is 1. The molecule has 5 atom stereocenters. The third-order valence-electron chi connectivity index (χ3n) is 6.55. The molecule has 0 bridgehead atoms. The highest BCUT2D eigenvalue weighted by Crippen LogP contribution is 2.48. The number of nitrogens with one attached hydrogen (secondary N) is 2. The fraction of sp³-hybridized carbons (Fsp3) is 0.519. The maximum atomic E-state index is 11.8. The quantitative estimate of drug-likeness (QED) is 0.199. The number of hydrogen-bond donors (Lipinski definition) is 7. The Morgan fingerprint density at radius 3 is 2.47 bits per heavy atom. The fourth-order valence-electron chi connectivity index (χ4n) is 4.36. The van der Waals surface area contributed by atoms with Crippen LogP contribution in [-0.4, -0.2) is 82.1 Å². The number of benzene rings is 2. The van der Waals surface area contributed by atoms with Crippen molar-refractivity contribution in [2.24, 2.45) is 0 Å². The van der Waals surface area contributed by atoms with Crippen LogP contribution in [0.2, 0.25) is 0 Å². The van der Waals surface area contributed by atoms with Crippen molar-refractivity contribution >= 4 is 16.9 Å². The zero-order valence-corrected chi connectivity index (χ0v) is 22.3. The molecule has 1 aliphatic heterocycles. The van der Waals surface area contributed by atoms with Gasteiger partial charge in [0.25, 0.3) is 0 Å². The van der Waals surface area contributed by atoms with E-state index in [0.717, 1.165) is 28.7 Å². The van der Waals surface area contributed by atoms with Crippen LogP contribution < -0.4 is 15.4 Å². The maximum Gasteiger partial charge on any atom is 0.315 e. The first-order valence-electron chi connectivity index (χ1n) is 12.2. The molecular formula is C27H40N2O6S. The summed E-state index contributed by atoms with van der Waals surface area (Å²) < 4.78 is 5.72. The molecule has 3 rings (SSSR count). The SMILES string of the molecule is Cc1ccc([C@H]2[C@H](O)[C@H](O)[C@H](O)C[SH]2C)cc1Cc1ccc(OCCNC(=O)NC(C)(C)CO)cc1. The van der Waals surface area contributed by atoms with Gasteiger partial charge in [0.15, 0.2) is 0 Å². The Morgan fingerprint density at radius 2 is 1.81 bits per heavy atom. The first-order valence-corrected chi connectivity index (χ1v) is 14.3. The van der Waals surface area contributed by atoms with E-state index in [2.05, 4.69) is 35.9 Å². The van der Waals surface area contributed by atoms with Crippen molar-refractivity contribution in [2.45, 2.75) is 56.3 Å². The molecule has 9 heteroatoms. The second-order valence-electron chi connectivity index (χ2n) is 10.2. The number of rotatable bonds is 9. The molecule has 0 radical (unpaired) electrons. The third-order valence-corrected chi connectivity index (χ3v) is 9.06. The summed E-state index contributed by atoms with van der Waals surface area (Å²) in [6.45, 7) is 6.03. The molecule has 0 saturated carbocycles. The van der Waals surface area contributed by atoms with E-state index >= 15 is 0 Å². The number of aliphatic hydroxyl groups is 4. The first-order chi connectivity index (χ1) is 17.0. The molecule has 1 unspecified atom stereocenters. The molecule has 2 aromatic carbocycles. The summed E-state index contributed by atoms with van der Waals surface area (Å²) in [7, 11) is -0.660. The van der Waals surface area contributed by atoms with Gasteiger partial charge in [-0.3, -0.25) is 0 Å². The van der Waals surface area contributed by atoms with Crippen LogP contribution in [0.25, 0.3) is 0 Å². The normalized spacial score (nSPS) is 25.3. The van der Waals surface area contributed by atoms with Crippen LogP contribution in [0.5, 0.6) is 5.75 Å². The average Bonchev–Trinajstić information content (AvgIpc) is 2.83. The van der Waals surface area contributed by atoms with Crippen molar-refractivity contribution < 1.29 is 30.0 Å². The van der Waals surface area contributed by atoms with Crippen molar-refractivity contribution in [3.05, 3.63) is 64.7 Å². The van der Waals surface area contributed by atoms with E-state index in [4.69, 9.17) is 4.74 Å². The van der Waals surface area contributed by atoms with Crippen LogP contribution in [0, 0.1) is 6.92 Å². The average molecular weight is 521 g/mol. The molecule has 8 nitrogen and oxygen atoms in total. The van der Waals surface area contributed by atoms with Crippen LogP contribution in [0.4, 0.5) is 4.79 Å². The highest BCUT2D eigenvalue weighted by molar-refractivity contribution is 8.16. The lowest BCUT2D eigenvalue weighted by atomic mass is 9.94. The van der Waals surface area contributed by atoms with Gasteiger partial charge in [-0.15, -0.1) is 0 Å². The largest absolute Gasteiger partial charge is 0.492 e. The van der Waals surface area contributed by atoms with E-state index in [-0.39, 0.29) is 17.9 Å². The Balaban J connectivity index is 1.56. The van der Waals surface area contributed by atoms with Gasteiger partial charge < -0.3 is 35.8 Å². The topological polar surface area (TPSA) is 131 Å². The molecule has 0 aliphatic carbocycles. The van der Waals surface area contributed by atoms with Gasteiger partial charge in [0.05, 0.1) is 30.9 Å². The molecule has 0 spiro atoms. The lowest BCUT2D eigenvalue weighted by Crippen LogP contribution is -2.51. The number of carbonyl (C=O) groups is 1. The van der Waals surface area contributed by atoms with Gasteiger partial charge in [0.1, 0.15) is 18.5 Å². The smallest absolute Gasteiger partial charge is 0.315 e. The van der Waals surface area contributed by atoms with Gasteiger partial charge in [0, 0.05) is 11.0 Å². The summed E-state index contributed by atoms with van der Waals surface area (Å²) in [4.78, 5) is 11.8. The predicted molar refractivity (Wildman–Crippen MR) is 144 cm³/mol. The fourth-order valence-corrected chi connectivity index (χ4v) is 6.76. The summed E-state index contributed by atoms with van der Waals surface area (Å²) in [5, 5.41) is 45.3. The van der Waals surface area contributed by atoms with E-state index in [0.29, 0.717) is 24.7 Å². The summed E-state index contributed by atoms with van der Waals surface area (Å²) in [5.74, 6) is 1.22. The summed E-state index contributed by atoms with van der Waals surface area (Å²) in [5.41, 5.74) is 3.74. The Labute approximate surface area is 216 Å². The molecular weight excluding hydrogens is 480 g/mol. The summed E-state index contributed by atoms with van der Waals surface area (Å²) in [6, 6.07) is 13.7. The minimum Gasteiger partial charge on any atom is -0.492 e. The van der Waals surface area contributed by atoms with E-state index in [9.17, 15) is 25.2 Å². The van der Waals surface area contributed by atoms with Gasteiger partial charge in [-0.05, 0) is 67.8 Å². The van der Waals surface area contributed by atoms with Crippen molar-refractivity contribution in [3.8, 4) is 5.75 Å². The van der Waals surface area contributed by atoms with Crippen LogP contribution in [-0.2, 0) is 6.42 Å². The number of amides is 2. The molecule has 1 saturated heterocycles. The van der Waals surface area contributed by atoms with Crippen molar-refractivity contribution in [2.75, 3.05) is 31.8 Å². The Kier molecular flexibility index (Phi) is 9.66. The predicted octanol–water partition coefficient (Wildman–Crippen LogP) is 1.80.